The fraction of sp³-hybridized carbons (Fsp3) is 0.286. The van der Waals surface area contributed by atoms with Crippen molar-refractivity contribution in [3.63, 3.8) is 0 Å². The van der Waals surface area contributed by atoms with Gasteiger partial charge < -0.3 is 9.64 Å². The summed E-state index contributed by atoms with van der Waals surface area (Å²) in [5, 5.41) is 0.720. The van der Waals surface area contributed by atoms with Crippen LogP contribution in [0.15, 0.2) is 78.9 Å². The molecule has 0 aliphatic carbocycles. The number of amides is 1. The number of carbonyl (C=O) groups is 1. The summed E-state index contributed by atoms with van der Waals surface area (Å²) in [6, 6.07) is 25.9. The Hall–Kier alpha value is -3.22. The zero-order valence-electron chi connectivity index (χ0n) is 20.0. The molecule has 1 amide bonds. The summed E-state index contributed by atoms with van der Waals surface area (Å²) in [4.78, 5) is 23.3. The number of likely N-dealkylation sites (N-methyl/N-ethyl adjacent to an activating group) is 1. The zero-order chi connectivity index (χ0) is 23.9. The maximum atomic E-state index is 14.3. The van der Waals surface area contributed by atoms with E-state index in [1.807, 2.05) is 83.8 Å². The topological polar surface area (TPSA) is 45.7 Å². The van der Waals surface area contributed by atoms with Crippen LogP contribution in [0.4, 0.5) is 5.13 Å². The maximum absolute atomic E-state index is 14.3. The van der Waals surface area contributed by atoms with E-state index in [0.29, 0.717) is 6.54 Å². The molecule has 34 heavy (non-hydrogen) atoms. The Morgan fingerprint density at radius 2 is 1.53 bits per heavy atom. The van der Waals surface area contributed by atoms with E-state index >= 15 is 0 Å². The van der Waals surface area contributed by atoms with Crippen LogP contribution in [0.2, 0.25) is 0 Å². The second-order valence-corrected chi connectivity index (χ2v) is 9.11. The van der Waals surface area contributed by atoms with E-state index in [2.05, 4.69) is 18.7 Å². The molecular formula is C28H31N3O2S. The molecule has 0 spiro atoms. The molecule has 4 aromatic rings. The minimum absolute atomic E-state index is 0.0376. The monoisotopic (exact) mass is 473 g/mol. The van der Waals surface area contributed by atoms with E-state index in [1.54, 1.807) is 7.11 Å². The molecule has 0 fully saturated rings. The molecule has 3 aromatic carbocycles. The normalized spacial score (nSPS) is 11.3. The molecule has 0 unspecified atom stereocenters. The van der Waals surface area contributed by atoms with Crippen molar-refractivity contribution < 1.29 is 9.53 Å². The van der Waals surface area contributed by atoms with Gasteiger partial charge in [0.1, 0.15) is 5.75 Å². The maximum Gasteiger partial charge on any atom is 0.240 e. The Kier molecular flexibility index (Phi) is 7.93. The number of benzene rings is 3. The Labute approximate surface area is 205 Å². The number of ether oxygens (including phenoxy) is 1. The lowest BCUT2D eigenvalue weighted by molar-refractivity contribution is -0.119. The van der Waals surface area contributed by atoms with Crippen LogP contribution in [-0.4, -0.2) is 49.1 Å². The number of hydrogen-bond donors (Lipinski definition) is 0. The van der Waals surface area contributed by atoms with Gasteiger partial charge in [0, 0.05) is 13.1 Å². The first-order chi connectivity index (χ1) is 16.6. The summed E-state index contributed by atoms with van der Waals surface area (Å²) in [5.74, 6) is 0.423. The summed E-state index contributed by atoms with van der Waals surface area (Å²) in [7, 11) is 1.66. The van der Waals surface area contributed by atoms with Crippen LogP contribution in [0.3, 0.4) is 0 Å². The molecule has 1 aromatic heterocycles. The van der Waals surface area contributed by atoms with Crippen molar-refractivity contribution in [2.24, 2.45) is 0 Å². The number of aromatic nitrogens is 1. The lowest BCUT2D eigenvalue weighted by atomic mass is 9.90. The molecule has 5 nitrogen and oxygen atoms in total. The second kappa shape index (κ2) is 11.3. The first kappa shape index (κ1) is 23.9. The van der Waals surface area contributed by atoms with Crippen LogP contribution in [0, 0.1) is 0 Å². The number of methoxy groups -OCH3 is 1. The molecule has 0 aliphatic heterocycles. The Morgan fingerprint density at radius 3 is 2.09 bits per heavy atom. The highest BCUT2D eigenvalue weighted by atomic mass is 32.1. The van der Waals surface area contributed by atoms with Crippen molar-refractivity contribution in [2.45, 2.75) is 19.8 Å². The Morgan fingerprint density at radius 1 is 0.912 bits per heavy atom. The molecule has 1 heterocycles. The lowest BCUT2D eigenvalue weighted by Gasteiger charge is -2.28. The van der Waals surface area contributed by atoms with Gasteiger partial charge in [-0.1, -0.05) is 85.8 Å². The molecule has 0 radical (unpaired) electrons. The summed E-state index contributed by atoms with van der Waals surface area (Å²) < 4.78 is 6.40. The van der Waals surface area contributed by atoms with Gasteiger partial charge in [0.05, 0.1) is 23.2 Å². The van der Waals surface area contributed by atoms with Gasteiger partial charge in [-0.15, -0.1) is 0 Å². The van der Waals surface area contributed by atoms with Crippen LogP contribution >= 0.6 is 11.3 Å². The van der Waals surface area contributed by atoms with Crippen molar-refractivity contribution in [2.75, 3.05) is 38.2 Å². The Bertz CT molecular complexity index is 1170. The Balaban J connectivity index is 1.77. The molecule has 0 bridgehead atoms. The van der Waals surface area contributed by atoms with E-state index in [-0.39, 0.29) is 5.91 Å². The fourth-order valence-corrected chi connectivity index (χ4v) is 5.17. The SMILES string of the molecule is CCN(CC)CCN(C(=O)C(c1ccccc1)c1ccccc1)c1nc2ccc(OC)cc2s1. The van der Waals surface area contributed by atoms with E-state index in [4.69, 9.17) is 9.72 Å². The first-order valence-corrected chi connectivity index (χ1v) is 12.5. The van der Waals surface area contributed by atoms with Gasteiger partial charge in [0.25, 0.3) is 0 Å². The van der Waals surface area contributed by atoms with Gasteiger partial charge >= 0.3 is 0 Å². The van der Waals surface area contributed by atoms with Gasteiger partial charge in [0.2, 0.25) is 5.91 Å². The number of hydrogen-bond acceptors (Lipinski definition) is 5. The summed E-state index contributed by atoms with van der Waals surface area (Å²) in [6.07, 6.45) is 0. The second-order valence-electron chi connectivity index (χ2n) is 8.10. The van der Waals surface area contributed by atoms with E-state index < -0.39 is 5.92 Å². The van der Waals surface area contributed by atoms with Crippen molar-refractivity contribution in [1.29, 1.82) is 0 Å². The fourth-order valence-electron chi connectivity index (χ4n) is 4.14. The highest BCUT2D eigenvalue weighted by Gasteiger charge is 2.30. The van der Waals surface area contributed by atoms with Crippen LogP contribution < -0.4 is 9.64 Å². The molecule has 0 aliphatic rings. The molecule has 0 saturated heterocycles. The minimum atomic E-state index is -0.402. The number of rotatable bonds is 10. The first-order valence-electron chi connectivity index (χ1n) is 11.7. The quantitative estimate of drug-likeness (QED) is 0.291. The third-order valence-electron chi connectivity index (χ3n) is 6.13. The zero-order valence-corrected chi connectivity index (χ0v) is 20.8. The van der Waals surface area contributed by atoms with Crippen molar-refractivity contribution in [3.05, 3.63) is 90.0 Å². The standard InChI is InChI=1S/C28H31N3O2S/c1-4-30(5-2)18-19-31(28-29-24-17-16-23(33-3)20-25(24)34-28)27(32)26(21-12-8-6-9-13-21)22-14-10-7-11-15-22/h6-17,20,26H,4-5,18-19H2,1-3H3. The molecule has 0 atom stereocenters. The third kappa shape index (κ3) is 5.29. The molecule has 0 N–H and O–H groups in total. The minimum Gasteiger partial charge on any atom is -0.497 e. The molecule has 0 saturated carbocycles. The van der Waals surface area contributed by atoms with Crippen molar-refractivity contribution >= 4 is 32.6 Å². The number of nitrogens with zero attached hydrogens (tertiary/aromatic N) is 3. The average molecular weight is 474 g/mol. The smallest absolute Gasteiger partial charge is 0.240 e. The number of thiazole rings is 1. The van der Waals surface area contributed by atoms with Crippen LogP contribution in [0.5, 0.6) is 5.75 Å². The van der Waals surface area contributed by atoms with Gasteiger partial charge in [0.15, 0.2) is 5.13 Å². The number of carbonyl (C=O) groups excluding carboxylic acids is 1. The van der Waals surface area contributed by atoms with E-state index in [0.717, 1.165) is 51.9 Å². The van der Waals surface area contributed by atoms with Gasteiger partial charge in [-0.05, 0) is 42.4 Å². The predicted octanol–water partition coefficient (Wildman–Crippen LogP) is 5.81. The predicted molar refractivity (Wildman–Crippen MR) is 141 cm³/mol. The summed E-state index contributed by atoms with van der Waals surface area (Å²) in [5.41, 5.74) is 2.83. The van der Waals surface area contributed by atoms with E-state index in [9.17, 15) is 4.79 Å². The van der Waals surface area contributed by atoms with Gasteiger partial charge in [-0.3, -0.25) is 9.69 Å². The van der Waals surface area contributed by atoms with Crippen LogP contribution in [-0.2, 0) is 4.79 Å². The van der Waals surface area contributed by atoms with Gasteiger partial charge in [-0.25, -0.2) is 4.98 Å². The van der Waals surface area contributed by atoms with Crippen LogP contribution in [0.25, 0.3) is 10.2 Å². The largest absolute Gasteiger partial charge is 0.497 e. The number of fused-ring (bicyclic) bond motifs is 1. The molecule has 4 rings (SSSR count). The summed E-state index contributed by atoms with van der Waals surface area (Å²) >= 11 is 1.53. The van der Waals surface area contributed by atoms with Gasteiger partial charge in [-0.2, -0.15) is 0 Å². The molecule has 6 heteroatoms. The lowest BCUT2D eigenvalue weighted by Crippen LogP contribution is -2.41. The molecular weight excluding hydrogens is 442 g/mol. The number of anilines is 1. The van der Waals surface area contributed by atoms with Crippen LogP contribution in [0.1, 0.15) is 30.9 Å². The van der Waals surface area contributed by atoms with Crippen molar-refractivity contribution in [1.82, 2.24) is 9.88 Å². The summed E-state index contributed by atoms with van der Waals surface area (Å²) in [6.45, 7) is 7.54. The molecule has 176 valence electrons. The highest BCUT2D eigenvalue weighted by Crippen LogP contribution is 2.34. The van der Waals surface area contributed by atoms with E-state index in [1.165, 1.54) is 11.3 Å². The average Bonchev–Trinajstić information content (AvgIpc) is 3.31. The highest BCUT2D eigenvalue weighted by molar-refractivity contribution is 7.22. The van der Waals surface area contributed by atoms with Crippen molar-refractivity contribution in [3.8, 4) is 5.75 Å². The third-order valence-corrected chi connectivity index (χ3v) is 7.17.